The number of aromatic nitrogens is 3. The molecule has 28 heavy (non-hydrogen) atoms. The van der Waals surface area contributed by atoms with E-state index in [1.54, 1.807) is 31.4 Å². The molecule has 0 amide bonds. The van der Waals surface area contributed by atoms with Gasteiger partial charge in [-0.05, 0) is 32.0 Å². The molecule has 0 unspecified atom stereocenters. The number of thiazole rings is 1. The number of aryl methyl sites for hydroxylation is 2. The number of fused-ring (bicyclic) bond motifs is 1. The van der Waals surface area contributed by atoms with Gasteiger partial charge in [0.25, 0.3) is 0 Å². The van der Waals surface area contributed by atoms with Crippen LogP contribution in [0.3, 0.4) is 0 Å². The third-order valence-electron chi connectivity index (χ3n) is 4.68. The molecular weight excluding hydrogens is 398 g/mol. The molecule has 0 atom stereocenters. The molecule has 8 nitrogen and oxygen atoms in total. The predicted molar refractivity (Wildman–Crippen MR) is 109 cm³/mol. The molecule has 1 saturated heterocycles. The Morgan fingerprint density at radius 1 is 1.04 bits per heavy atom. The first-order valence-corrected chi connectivity index (χ1v) is 11.1. The summed E-state index contributed by atoms with van der Waals surface area (Å²) in [7, 11) is -1.98. The van der Waals surface area contributed by atoms with Crippen LogP contribution in [-0.4, -0.2) is 61.0 Å². The zero-order chi connectivity index (χ0) is 19.9. The first-order valence-electron chi connectivity index (χ1n) is 8.89. The highest BCUT2D eigenvalue weighted by Gasteiger charge is 2.29. The lowest BCUT2D eigenvalue weighted by Crippen LogP contribution is -2.49. The maximum absolute atomic E-state index is 13.1. The van der Waals surface area contributed by atoms with Crippen molar-refractivity contribution in [3.63, 3.8) is 0 Å². The third-order valence-corrected chi connectivity index (χ3v) is 7.51. The second-order valence-electron chi connectivity index (χ2n) is 6.57. The molecule has 2 aromatic heterocycles. The standard InChI is InChI=1S/C18H21N5O3S2/c1-12-19-17(11-18(20-12)26-3)22-6-8-23(9-7-22)28(24,25)14-4-5-15-16(10-14)27-13(2)21-15/h4-5,10-11H,6-9H2,1-3H3. The van der Waals surface area contributed by atoms with Crippen LogP contribution in [-0.2, 0) is 10.0 Å². The van der Waals surface area contributed by atoms with E-state index in [4.69, 9.17) is 4.74 Å². The van der Waals surface area contributed by atoms with E-state index in [0.717, 1.165) is 21.0 Å². The van der Waals surface area contributed by atoms with E-state index >= 15 is 0 Å². The fraction of sp³-hybridized carbons (Fsp3) is 0.389. The quantitative estimate of drug-likeness (QED) is 0.641. The van der Waals surface area contributed by atoms with Crippen LogP contribution in [0.4, 0.5) is 5.82 Å². The smallest absolute Gasteiger partial charge is 0.243 e. The Hall–Kier alpha value is -2.30. The van der Waals surface area contributed by atoms with Crippen LogP contribution in [0.5, 0.6) is 5.88 Å². The summed E-state index contributed by atoms with van der Waals surface area (Å²) in [5, 5.41) is 0.925. The maximum Gasteiger partial charge on any atom is 0.243 e. The van der Waals surface area contributed by atoms with Crippen molar-refractivity contribution in [1.82, 2.24) is 19.3 Å². The first-order chi connectivity index (χ1) is 13.4. The van der Waals surface area contributed by atoms with E-state index in [1.807, 2.05) is 13.8 Å². The summed E-state index contributed by atoms with van der Waals surface area (Å²) in [5.41, 5.74) is 0.833. The number of nitrogens with zero attached hydrogens (tertiary/aromatic N) is 5. The summed E-state index contributed by atoms with van der Waals surface area (Å²) in [4.78, 5) is 15.4. The van der Waals surface area contributed by atoms with Gasteiger partial charge < -0.3 is 9.64 Å². The van der Waals surface area contributed by atoms with Gasteiger partial charge in [0.1, 0.15) is 11.6 Å². The minimum atomic E-state index is -3.54. The molecule has 0 radical (unpaired) electrons. The molecule has 4 rings (SSSR count). The van der Waals surface area contributed by atoms with Crippen molar-refractivity contribution in [2.24, 2.45) is 0 Å². The Kier molecular flexibility index (Phi) is 4.94. The fourth-order valence-corrected chi connectivity index (χ4v) is 5.67. The van der Waals surface area contributed by atoms with Crippen LogP contribution in [0.15, 0.2) is 29.2 Å². The number of piperazine rings is 1. The van der Waals surface area contributed by atoms with E-state index in [-0.39, 0.29) is 0 Å². The Morgan fingerprint density at radius 2 is 1.79 bits per heavy atom. The maximum atomic E-state index is 13.1. The summed E-state index contributed by atoms with van der Waals surface area (Å²) in [6.07, 6.45) is 0. The fourth-order valence-electron chi connectivity index (χ4n) is 3.28. The summed E-state index contributed by atoms with van der Waals surface area (Å²) in [6, 6.07) is 6.91. The number of rotatable bonds is 4. The van der Waals surface area contributed by atoms with E-state index in [2.05, 4.69) is 19.9 Å². The minimum Gasteiger partial charge on any atom is -0.481 e. The Labute approximate surface area is 167 Å². The monoisotopic (exact) mass is 419 g/mol. The average molecular weight is 420 g/mol. The molecule has 148 valence electrons. The average Bonchev–Trinajstić information content (AvgIpc) is 3.06. The van der Waals surface area contributed by atoms with Gasteiger partial charge in [0, 0.05) is 32.2 Å². The van der Waals surface area contributed by atoms with Crippen LogP contribution in [0.1, 0.15) is 10.8 Å². The highest BCUT2D eigenvalue weighted by molar-refractivity contribution is 7.89. The van der Waals surface area contributed by atoms with Gasteiger partial charge in [-0.25, -0.2) is 18.4 Å². The minimum absolute atomic E-state index is 0.316. The Balaban J connectivity index is 1.52. The number of hydrogen-bond acceptors (Lipinski definition) is 8. The zero-order valence-corrected chi connectivity index (χ0v) is 17.5. The Bertz CT molecular complexity index is 1120. The van der Waals surface area contributed by atoms with Gasteiger partial charge >= 0.3 is 0 Å². The normalized spacial score (nSPS) is 15.9. The molecule has 0 spiro atoms. The number of hydrogen-bond donors (Lipinski definition) is 0. The van der Waals surface area contributed by atoms with Crippen molar-refractivity contribution in [3.8, 4) is 5.88 Å². The van der Waals surface area contributed by atoms with Crippen molar-refractivity contribution in [2.45, 2.75) is 18.7 Å². The van der Waals surface area contributed by atoms with Crippen LogP contribution >= 0.6 is 11.3 Å². The SMILES string of the molecule is COc1cc(N2CCN(S(=O)(=O)c3ccc4nc(C)sc4c3)CC2)nc(C)n1. The van der Waals surface area contributed by atoms with Gasteiger partial charge in [-0.15, -0.1) is 11.3 Å². The van der Waals surface area contributed by atoms with Crippen molar-refractivity contribution in [3.05, 3.63) is 35.1 Å². The number of benzene rings is 1. The second-order valence-corrected chi connectivity index (χ2v) is 9.74. The zero-order valence-electron chi connectivity index (χ0n) is 15.9. The van der Waals surface area contributed by atoms with Gasteiger partial charge in [0.15, 0.2) is 0 Å². The molecule has 1 aliphatic rings. The number of anilines is 1. The lowest BCUT2D eigenvalue weighted by atomic mass is 10.3. The van der Waals surface area contributed by atoms with Crippen LogP contribution in [0, 0.1) is 13.8 Å². The van der Waals surface area contributed by atoms with Gasteiger partial charge in [-0.3, -0.25) is 0 Å². The van der Waals surface area contributed by atoms with Crippen molar-refractivity contribution in [1.29, 1.82) is 0 Å². The number of sulfonamides is 1. The molecule has 0 bridgehead atoms. The number of methoxy groups -OCH3 is 1. The molecule has 0 aliphatic carbocycles. The van der Waals surface area contributed by atoms with Crippen molar-refractivity contribution in [2.75, 3.05) is 38.2 Å². The van der Waals surface area contributed by atoms with Crippen LogP contribution in [0.2, 0.25) is 0 Å². The summed E-state index contributed by atoms with van der Waals surface area (Å²) >= 11 is 1.50. The van der Waals surface area contributed by atoms with Gasteiger partial charge in [0.05, 0.1) is 27.2 Å². The molecule has 1 aliphatic heterocycles. The summed E-state index contributed by atoms with van der Waals surface area (Å²) < 4.78 is 33.8. The summed E-state index contributed by atoms with van der Waals surface area (Å²) in [5.74, 6) is 1.88. The largest absolute Gasteiger partial charge is 0.481 e. The Morgan fingerprint density at radius 3 is 2.50 bits per heavy atom. The molecule has 1 aromatic carbocycles. The van der Waals surface area contributed by atoms with Crippen LogP contribution in [0.25, 0.3) is 10.2 Å². The van der Waals surface area contributed by atoms with Crippen LogP contribution < -0.4 is 9.64 Å². The number of ether oxygens (including phenoxy) is 1. The first kappa shape index (κ1) is 19.0. The van der Waals surface area contributed by atoms with E-state index in [0.29, 0.717) is 42.8 Å². The topological polar surface area (TPSA) is 88.5 Å². The molecule has 1 fully saturated rings. The van der Waals surface area contributed by atoms with E-state index in [9.17, 15) is 8.42 Å². The van der Waals surface area contributed by atoms with Gasteiger partial charge in [-0.2, -0.15) is 9.29 Å². The third kappa shape index (κ3) is 3.54. The van der Waals surface area contributed by atoms with Gasteiger partial charge in [-0.1, -0.05) is 0 Å². The van der Waals surface area contributed by atoms with Crippen molar-refractivity contribution < 1.29 is 13.2 Å². The molecule has 0 saturated carbocycles. The molecule has 3 heterocycles. The lowest BCUT2D eigenvalue weighted by Gasteiger charge is -2.34. The molecular formula is C18H21N5O3S2. The molecule has 0 N–H and O–H groups in total. The van der Waals surface area contributed by atoms with Gasteiger partial charge in [0.2, 0.25) is 15.9 Å². The molecule has 10 heteroatoms. The van der Waals surface area contributed by atoms with E-state index in [1.165, 1.54) is 15.6 Å². The highest BCUT2D eigenvalue weighted by atomic mass is 32.2. The summed E-state index contributed by atoms with van der Waals surface area (Å²) in [6.45, 7) is 5.63. The predicted octanol–water partition coefficient (Wildman–Crippen LogP) is 2.22. The lowest BCUT2D eigenvalue weighted by molar-refractivity contribution is 0.380. The van der Waals surface area contributed by atoms with E-state index < -0.39 is 10.0 Å². The van der Waals surface area contributed by atoms with Crippen molar-refractivity contribution >= 4 is 37.4 Å². The highest BCUT2D eigenvalue weighted by Crippen LogP contribution is 2.27. The second kappa shape index (κ2) is 7.26. The molecule has 3 aromatic rings.